The number of aryl methyl sites for hydroxylation is 1. The molecule has 0 bridgehead atoms. The second kappa shape index (κ2) is 5.45. The number of rotatable bonds is 3. The summed E-state index contributed by atoms with van der Waals surface area (Å²) in [5, 5.41) is 2.96. The third kappa shape index (κ3) is 3.16. The molecule has 1 fully saturated rings. The van der Waals surface area contributed by atoms with Gasteiger partial charge in [-0.05, 0) is 37.3 Å². The normalized spacial score (nSPS) is 20.3. The predicted octanol–water partition coefficient (Wildman–Crippen LogP) is 3.11. The van der Waals surface area contributed by atoms with E-state index in [-0.39, 0.29) is 11.5 Å². The predicted molar refractivity (Wildman–Crippen MR) is 63.1 cm³/mol. The molecule has 1 N–H and O–H groups in total. The summed E-state index contributed by atoms with van der Waals surface area (Å²) in [6.07, 6.45) is 2.11. The van der Waals surface area contributed by atoms with Gasteiger partial charge in [-0.3, -0.25) is 0 Å². The first kappa shape index (κ1) is 12.3. The maximum absolute atomic E-state index is 13.5. The zero-order chi connectivity index (χ0) is 12.3. The van der Waals surface area contributed by atoms with Gasteiger partial charge in [-0.15, -0.1) is 0 Å². The van der Waals surface area contributed by atoms with E-state index in [4.69, 9.17) is 4.74 Å². The molecule has 0 amide bonds. The fraction of sp³-hybridized carbons (Fsp3) is 0.538. The molecule has 4 heteroatoms. The van der Waals surface area contributed by atoms with Crippen molar-refractivity contribution in [3.05, 3.63) is 29.3 Å². The quantitative estimate of drug-likeness (QED) is 0.878. The number of hydrogen-bond acceptors (Lipinski definition) is 2. The molecular weight excluding hydrogens is 224 g/mol. The van der Waals surface area contributed by atoms with Crippen LogP contribution in [0.3, 0.4) is 0 Å². The van der Waals surface area contributed by atoms with Gasteiger partial charge in [0.05, 0.1) is 12.3 Å². The van der Waals surface area contributed by atoms with Crippen LogP contribution in [-0.2, 0) is 4.74 Å². The Morgan fingerprint density at radius 1 is 1.35 bits per heavy atom. The van der Waals surface area contributed by atoms with Crippen molar-refractivity contribution in [3.8, 4) is 0 Å². The van der Waals surface area contributed by atoms with E-state index in [0.717, 1.165) is 19.4 Å². The Bertz CT molecular complexity index is 389. The zero-order valence-electron chi connectivity index (χ0n) is 9.93. The van der Waals surface area contributed by atoms with E-state index in [0.29, 0.717) is 24.6 Å². The average Bonchev–Trinajstić information content (AvgIpc) is 2.33. The largest absolute Gasteiger partial charge is 0.382 e. The Hall–Kier alpha value is -1.16. The van der Waals surface area contributed by atoms with Gasteiger partial charge in [0.2, 0.25) is 0 Å². The van der Waals surface area contributed by atoms with Gasteiger partial charge in [0, 0.05) is 19.2 Å². The van der Waals surface area contributed by atoms with E-state index in [1.54, 1.807) is 6.92 Å². The highest BCUT2D eigenvalue weighted by molar-refractivity contribution is 5.46. The van der Waals surface area contributed by atoms with E-state index in [1.807, 2.05) is 0 Å². The molecule has 1 heterocycles. The molecule has 1 aromatic rings. The molecular formula is C13H17F2NO. The van der Waals surface area contributed by atoms with Crippen LogP contribution in [0.25, 0.3) is 0 Å². The van der Waals surface area contributed by atoms with Crippen LogP contribution in [-0.4, -0.2) is 19.8 Å². The molecule has 0 aliphatic carbocycles. The average molecular weight is 241 g/mol. The molecule has 1 aliphatic heterocycles. The first-order valence-corrected chi connectivity index (χ1v) is 5.94. The molecule has 94 valence electrons. The first-order chi connectivity index (χ1) is 8.16. The van der Waals surface area contributed by atoms with Gasteiger partial charge < -0.3 is 10.1 Å². The van der Waals surface area contributed by atoms with E-state index in [1.165, 1.54) is 12.1 Å². The molecule has 0 aromatic heterocycles. The molecule has 1 aromatic carbocycles. The van der Waals surface area contributed by atoms with Crippen molar-refractivity contribution in [2.24, 2.45) is 5.92 Å². The summed E-state index contributed by atoms with van der Waals surface area (Å²) < 4.78 is 32.2. The van der Waals surface area contributed by atoms with Crippen LogP contribution in [0.1, 0.15) is 18.4 Å². The van der Waals surface area contributed by atoms with Crippen molar-refractivity contribution >= 4 is 5.69 Å². The second-order valence-electron chi connectivity index (χ2n) is 4.55. The molecule has 0 spiro atoms. The number of nitrogens with one attached hydrogen (secondary N) is 1. The van der Waals surface area contributed by atoms with Crippen molar-refractivity contribution in [3.63, 3.8) is 0 Å². The summed E-state index contributed by atoms with van der Waals surface area (Å²) in [7, 11) is 0. The van der Waals surface area contributed by atoms with Gasteiger partial charge in [0.15, 0.2) is 0 Å². The van der Waals surface area contributed by atoms with E-state index in [2.05, 4.69) is 5.32 Å². The summed E-state index contributed by atoms with van der Waals surface area (Å²) >= 11 is 0. The lowest BCUT2D eigenvalue weighted by Crippen LogP contribution is -2.24. The standard InChI is InChI=1S/C13H17F2NO/c1-9-5-12(15)13(6-11(9)14)16-7-10-3-2-4-17-8-10/h5-6,10,16H,2-4,7-8H2,1H3. The van der Waals surface area contributed by atoms with Crippen LogP contribution in [0.2, 0.25) is 0 Å². The summed E-state index contributed by atoms with van der Waals surface area (Å²) in [6, 6.07) is 2.43. The zero-order valence-corrected chi connectivity index (χ0v) is 9.93. The minimum atomic E-state index is -0.402. The summed E-state index contributed by atoms with van der Waals surface area (Å²) in [4.78, 5) is 0. The number of halogens is 2. The van der Waals surface area contributed by atoms with Crippen molar-refractivity contribution in [1.29, 1.82) is 0 Å². The Morgan fingerprint density at radius 2 is 2.18 bits per heavy atom. The summed E-state index contributed by atoms with van der Waals surface area (Å²) in [6.45, 7) is 3.68. The van der Waals surface area contributed by atoms with E-state index in [9.17, 15) is 8.78 Å². The van der Waals surface area contributed by atoms with Crippen LogP contribution in [0, 0.1) is 24.5 Å². The molecule has 17 heavy (non-hydrogen) atoms. The van der Waals surface area contributed by atoms with Gasteiger partial charge in [0.1, 0.15) is 11.6 Å². The fourth-order valence-corrected chi connectivity index (χ4v) is 2.00. The van der Waals surface area contributed by atoms with Crippen LogP contribution in [0.5, 0.6) is 0 Å². The Balaban J connectivity index is 1.96. The lowest BCUT2D eigenvalue weighted by molar-refractivity contribution is 0.0595. The van der Waals surface area contributed by atoms with Crippen LogP contribution < -0.4 is 5.32 Å². The second-order valence-corrected chi connectivity index (χ2v) is 4.55. The number of anilines is 1. The van der Waals surface area contributed by atoms with Gasteiger partial charge in [-0.2, -0.15) is 0 Å². The third-order valence-electron chi connectivity index (χ3n) is 3.08. The molecule has 0 saturated carbocycles. The topological polar surface area (TPSA) is 21.3 Å². The first-order valence-electron chi connectivity index (χ1n) is 5.94. The highest BCUT2D eigenvalue weighted by Crippen LogP contribution is 2.20. The summed E-state index contributed by atoms with van der Waals surface area (Å²) in [5.41, 5.74) is 0.563. The van der Waals surface area contributed by atoms with Gasteiger partial charge >= 0.3 is 0 Å². The highest BCUT2D eigenvalue weighted by atomic mass is 19.1. The fourth-order valence-electron chi connectivity index (χ4n) is 2.00. The Morgan fingerprint density at radius 3 is 2.88 bits per heavy atom. The minimum Gasteiger partial charge on any atom is -0.382 e. The van der Waals surface area contributed by atoms with Crippen molar-refractivity contribution in [2.45, 2.75) is 19.8 Å². The van der Waals surface area contributed by atoms with Crippen molar-refractivity contribution < 1.29 is 13.5 Å². The molecule has 1 atom stereocenters. The molecule has 1 saturated heterocycles. The smallest absolute Gasteiger partial charge is 0.146 e. The minimum absolute atomic E-state index is 0.235. The van der Waals surface area contributed by atoms with Crippen LogP contribution in [0.4, 0.5) is 14.5 Å². The number of benzene rings is 1. The Labute approximate surface area is 100.0 Å². The third-order valence-corrected chi connectivity index (χ3v) is 3.08. The SMILES string of the molecule is Cc1cc(F)c(NCC2CCCOC2)cc1F. The lowest BCUT2D eigenvalue weighted by Gasteiger charge is -2.22. The molecule has 2 nitrogen and oxygen atoms in total. The molecule has 1 unspecified atom stereocenters. The van der Waals surface area contributed by atoms with Gasteiger partial charge in [-0.1, -0.05) is 0 Å². The molecule has 1 aliphatic rings. The maximum Gasteiger partial charge on any atom is 0.146 e. The number of hydrogen-bond donors (Lipinski definition) is 1. The van der Waals surface area contributed by atoms with E-state index < -0.39 is 5.82 Å². The Kier molecular flexibility index (Phi) is 3.94. The van der Waals surface area contributed by atoms with Crippen LogP contribution in [0.15, 0.2) is 12.1 Å². The van der Waals surface area contributed by atoms with Crippen molar-refractivity contribution in [1.82, 2.24) is 0 Å². The van der Waals surface area contributed by atoms with Gasteiger partial charge in [-0.25, -0.2) is 8.78 Å². The number of ether oxygens (including phenoxy) is 1. The lowest BCUT2D eigenvalue weighted by atomic mass is 10.0. The van der Waals surface area contributed by atoms with Gasteiger partial charge in [0.25, 0.3) is 0 Å². The molecule has 2 rings (SSSR count). The summed E-state index contributed by atoms with van der Waals surface area (Å²) in [5.74, 6) is -0.401. The van der Waals surface area contributed by atoms with Crippen LogP contribution >= 0.6 is 0 Å². The highest BCUT2D eigenvalue weighted by Gasteiger charge is 2.14. The van der Waals surface area contributed by atoms with E-state index >= 15 is 0 Å². The maximum atomic E-state index is 13.5. The monoisotopic (exact) mass is 241 g/mol. The molecule has 0 radical (unpaired) electrons. The van der Waals surface area contributed by atoms with Crippen molar-refractivity contribution in [2.75, 3.05) is 25.1 Å².